The molecule has 0 radical (unpaired) electrons. The molecule has 0 spiro atoms. The smallest absolute Gasteiger partial charge is 0.255 e. The normalized spacial score (nSPS) is 11.3. The number of pyridine rings is 1. The SMILES string of the molecule is CNC(=O)c1c(C)oc2cc(Oc3ccnc4cc(-c5nccn5C)sc34)ccc12. The van der Waals surface area contributed by atoms with Crippen molar-refractivity contribution < 1.29 is 13.9 Å². The molecule has 0 unspecified atom stereocenters. The number of rotatable bonds is 4. The Morgan fingerprint density at radius 1 is 1.20 bits per heavy atom. The lowest BCUT2D eigenvalue weighted by molar-refractivity contribution is 0.0963. The third-order valence-corrected chi connectivity index (χ3v) is 6.07. The van der Waals surface area contributed by atoms with Crippen molar-refractivity contribution in [3.05, 3.63) is 60.2 Å². The molecule has 0 atom stereocenters. The summed E-state index contributed by atoms with van der Waals surface area (Å²) in [6.45, 7) is 1.78. The molecule has 30 heavy (non-hydrogen) atoms. The second-order valence-electron chi connectivity index (χ2n) is 6.87. The standard InChI is InChI=1S/C22H18N4O3S/c1-12-19(22(27)23-2)14-5-4-13(10-17(14)28-12)29-16-6-7-24-15-11-18(30-20(15)16)21-25-8-9-26(21)3/h4-11H,1-3H3,(H,23,27). The summed E-state index contributed by atoms with van der Waals surface area (Å²) in [6.07, 6.45) is 5.42. The molecular formula is C22H18N4O3S. The lowest BCUT2D eigenvalue weighted by Gasteiger charge is -2.06. The van der Waals surface area contributed by atoms with Gasteiger partial charge >= 0.3 is 0 Å². The number of nitrogens with zero attached hydrogens (tertiary/aromatic N) is 3. The number of nitrogens with one attached hydrogen (secondary N) is 1. The number of carbonyl (C=O) groups is 1. The summed E-state index contributed by atoms with van der Waals surface area (Å²) < 4.78 is 14.9. The minimum atomic E-state index is -0.170. The van der Waals surface area contributed by atoms with Gasteiger partial charge in [-0.1, -0.05) is 0 Å². The molecule has 150 valence electrons. The zero-order valence-corrected chi connectivity index (χ0v) is 17.4. The van der Waals surface area contributed by atoms with Gasteiger partial charge in [-0.15, -0.1) is 11.3 Å². The predicted molar refractivity (Wildman–Crippen MR) is 116 cm³/mol. The number of fused-ring (bicyclic) bond motifs is 2. The number of aromatic nitrogens is 3. The van der Waals surface area contributed by atoms with Crippen LogP contribution >= 0.6 is 11.3 Å². The van der Waals surface area contributed by atoms with Crippen LogP contribution in [0.1, 0.15) is 16.1 Å². The zero-order valence-electron chi connectivity index (χ0n) is 16.6. The van der Waals surface area contributed by atoms with Gasteiger partial charge in [-0.2, -0.15) is 0 Å². The maximum absolute atomic E-state index is 12.1. The topological polar surface area (TPSA) is 82.2 Å². The fraction of sp³-hybridized carbons (Fsp3) is 0.136. The van der Waals surface area contributed by atoms with Crippen molar-refractivity contribution in [2.45, 2.75) is 6.92 Å². The van der Waals surface area contributed by atoms with E-state index in [0.29, 0.717) is 28.4 Å². The van der Waals surface area contributed by atoms with Gasteiger partial charge < -0.3 is 19.0 Å². The van der Waals surface area contributed by atoms with Gasteiger partial charge in [0.1, 0.15) is 28.7 Å². The first-order chi connectivity index (χ1) is 14.5. The molecule has 1 amide bonds. The molecule has 5 rings (SSSR count). The summed E-state index contributed by atoms with van der Waals surface area (Å²) in [7, 11) is 3.57. The predicted octanol–water partition coefficient (Wildman–Crippen LogP) is 4.90. The summed E-state index contributed by atoms with van der Waals surface area (Å²) in [5.74, 6) is 2.62. The lowest BCUT2D eigenvalue weighted by Crippen LogP contribution is -2.18. The van der Waals surface area contributed by atoms with Gasteiger partial charge in [0.2, 0.25) is 0 Å². The van der Waals surface area contributed by atoms with Crippen LogP contribution in [0.5, 0.6) is 11.5 Å². The molecule has 0 aliphatic rings. The Bertz CT molecular complexity index is 1410. The molecule has 0 bridgehead atoms. The Hall–Kier alpha value is -3.65. The molecule has 1 N–H and O–H groups in total. The van der Waals surface area contributed by atoms with Crippen LogP contribution in [0.2, 0.25) is 0 Å². The van der Waals surface area contributed by atoms with E-state index in [1.165, 1.54) is 0 Å². The van der Waals surface area contributed by atoms with Crippen molar-refractivity contribution in [1.29, 1.82) is 0 Å². The Morgan fingerprint density at radius 2 is 2.07 bits per heavy atom. The third-order valence-electron chi connectivity index (χ3n) is 4.94. The van der Waals surface area contributed by atoms with E-state index in [1.54, 1.807) is 43.8 Å². The zero-order chi connectivity index (χ0) is 20.8. The number of aryl methyl sites for hydroxylation is 2. The van der Waals surface area contributed by atoms with Crippen molar-refractivity contribution in [2.75, 3.05) is 7.05 Å². The van der Waals surface area contributed by atoms with E-state index < -0.39 is 0 Å². The fourth-order valence-corrected chi connectivity index (χ4v) is 4.61. The number of carbonyl (C=O) groups excluding carboxylic acids is 1. The number of furan rings is 1. The van der Waals surface area contributed by atoms with Gasteiger partial charge in [-0.25, -0.2) is 4.98 Å². The molecular weight excluding hydrogens is 400 g/mol. The molecule has 1 aromatic carbocycles. The molecule has 0 fully saturated rings. The van der Waals surface area contributed by atoms with E-state index in [9.17, 15) is 4.79 Å². The quantitative estimate of drug-likeness (QED) is 0.449. The fourth-order valence-electron chi connectivity index (χ4n) is 3.51. The largest absolute Gasteiger partial charge is 0.460 e. The highest BCUT2D eigenvalue weighted by Crippen LogP contribution is 2.39. The number of benzene rings is 1. The molecule has 8 heteroatoms. The molecule has 0 aliphatic carbocycles. The highest BCUT2D eigenvalue weighted by molar-refractivity contribution is 7.22. The van der Waals surface area contributed by atoms with Crippen LogP contribution in [-0.4, -0.2) is 27.5 Å². The highest BCUT2D eigenvalue weighted by atomic mass is 32.1. The van der Waals surface area contributed by atoms with Crippen LogP contribution in [0.4, 0.5) is 0 Å². The number of hydrogen-bond acceptors (Lipinski definition) is 6. The maximum atomic E-state index is 12.1. The van der Waals surface area contributed by atoms with E-state index in [4.69, 9.17) is 9.15 Å². The van der Waals surface area contributed by atoms with Crippen LogP contribution in [0, 0.1) is 6.92 Å². The van der Waals surface area contributed by atoms with Gasteiger partial charge in [0.05, 0.1) is 20.7 Å². The van der Waals surface area contributed by atoms with Gasteiger partial charge in [0.25, 0.3) is 5.91 Å². The lowest BCUT2D eigenvalue weighted by atomic mass is 10.1. The first-order valence-corrected chi connectivity index (χ1v) is 10.2. The first kappa shape index (κ1) is 18.4. The van der Waals surface area contributed by atoms with Crippen molar-refractivity contribution in [2.24, 2.45) is 7.05 Å². The van der Waals surface area contributed by atoms with Crippen LogP contribution in [0.15, 0.2) is 53.3 Å². The molecule has 5 aromatic rings. The number of thiophene rings is 1. The second-order valence-corrected chi connectivity index (χ2v) is 7.92. The molecule has 4 aromatic heterocycles. The molecule has 0 saturated heterocycles. The molecule has 7 nitrogen and oxygen atoms in total. The van der Waals surface area contributed by atoms with E-state index in [-0.39, 0.29) is 5.91 Å². The maximum Gasteiger partial charge on any atom is 0.255 e. The van der Waals surface area contributed by atoms with Crippen LogP contribution < -0.4 is 10.1 Å². The van der Waals surface area contributed by atoms with Gasteiger partial charge in [-0.05, 0) is 25.1 Å². The summed E-state index contributed by atoms with van der Waals surface area (Å²) in [6, 6.07) is 9.34. The van der Waals surface area contributed by atoms with E-state index in [2.05, 4.69) is 15.3 Å². The van der Waals surface area contributed by atoms with E-state index in [1.807, 2.05) is 42.1 Å². The Balaban J connectivity index is 1.54. The second kappa shape index (κ2) is 7.00. The summed E-state index contributed by atoms with van der Waals surface area (Å²) in [5, 5.41) is 3.41. The van der Waals surface area contributed by atoms with Gasteiger partial charge in [-0.3, -0.25) is 9.78 Å². The number of imidazole rings is 1. The Morgan fingerprint density at radius 3 is 2.83 bits per heavy atom. The minimum Gasteiger partial charge on any atom is -0.460 e. The molecule has 0 saturated carbocycles. The number of ether oxygens (including phenoxy) is 1. The number of amides is 1. The van der Waals surface area contributed by atoms with Crippen molar-refractivity contribution in [3.63, 3.8) is 0 Å². The highest BCUT2D eigenvalue weighted by Gasteiger charge is 2.18. The van der Waals surface area contributed by atoms with Gasteiger partial charge in [0, 0.05) is 50.2 Å². The first-order valence-electron chi connectivity index (χ1n) is 9.34. The third kappa shape index (κ3) is 2.93. The summed E-state index contributed by atoms with van der Waals surface area (Å²) in [5.41, 5.74) is 2.00. The van der Waals surface area contributed by atoms with Crippen LogP contribution in [0.3, 0.4) is 0 Å². The van der Waals surface area contributed by atoms with Crippen molar-refractivity contribution in [3.8, 4) is 22.2 Å². The van der Waals surface area contributed by atoms with Crippen molar-refractivity contribution in [1.82, 2.24) is 19.9 Å². The molecule has 0 aliphatic heterocycles. The van der Waals surface area contributed by atoms with Gasteiger partial charge in [0.15, 0.2) is 0 Å². The summed E-state index contributed by atoms with van der Waals surface area (Å²) in [4.78, 5) is 22.1. The van der Waals surface area contributed by atoms with Crippen LogP contribution in [-0.2, 0) is 7.05 Å². The average Bonchev–Trinajstić information content (AvgIpc) is 3.43. The Kier molecular flexibility index (Phi) is 4.29. The van der Waals surface area contributed by atoms with Crippen LogP contribution in [0.25, 0.3) is 31.9 Å². The summed E-state index contributed by atoms with van der Waals surface area (Å²) >= 11 is 1.58. The van der Waals surface area contributed by atoms with E-state index >= 15 is 0 Å². The minimum absolute atomic E-state index is 0.170. The van der Waals surface area contributed by atoms with Crippen molar-refractivity contribution >= 4 is 38.4 Å². The molecule has 4 heterocycles. The number of hydrogen-bond donors (Lipinski definition) is 1. The average molecular weight is 418 g/mol. The Labute approximate surface area is 175 Å². The monoisotopic (exact) mass is 418 g/mol. The van der Waals surface area contributed by atoms with E-state index in [0.717, 1.165) is 26.3 Å².